The first kappa shape index (κ1) is 17.6. The maximum Gasteiger partial charge on any atom is 0.237 e. The zero-order chi connectivity index (χ0) is 19.0. The minimum Gasteiger partial charge on any atom is -0.369 e. The molecule has 1 fully saturated rings. The Morgan fingerprint density at radius 2 is 1.93 bits per heavy atom. The van der Waals surface area contributed by atoms with Crippen molar-refractivity contribution in [2.75, 3.05) is 23.3 Å². The van der Waals surface area contributed by atoms with E-state index in [4.69, 9.17) is 0 Å². The summed E-state index contributed by atoms with van der Waals surface area (Å²) in [5.74, 6) is -0.901. The van der Waals surface area contributed by atoms with Gasteiger partial charge >= 0.3 is 0 Å². The highest BCUT2D eigenvalue weighted by Gasteiger charge is 2.29. The molecule has 2 aromatic carbocycles. The number of amides is 1. The fourth-order valence-electron chi connectivity index (χ4n) is 3.65. The van der Waals surface area contributed by atoms with Crippen LogP contribution in [0.2, 0.25) is 0 Å². The minimum absolute atomic E-state index is 0.265. The van der Waals surface area contributed by atoms with Crippen LogP contribution in [0.3, 0.4) is 0 Å². The summed E-state index contributed by atoms with van der Waals surface area (Å²) < 4.78 is 27.8. The zero-order valence-corrected chi connectivity index (χ0v) is 15.1. The van der Waals surface area contributed by atoms with Gasteiger partial charge in [-0.1, -0.05) is 13.0 Å². The monoisotopic (exact) mass is 369 g/mol. The summed E-state index contributed by atoms with van der Waals surface area (Å²) in [6.45, 7) is 3.93. The van der Waals surface area contributed by atoms with Gasteiger partial charge in [-0.15, -0.1) is 0 Å². The molecule has 0 saturated carbocycles. The first-order valence-corrected chi connectivity index (χ1v) is 9.20. The van der Waals surface area contributed by atoms with Gasteiger partial charge in [0.25, 0.3) is 0 Å². The van der Waals surface area contributed by atoms with E-state index in [-0.39, 0.29) is 11.7 Å². The third kappa shape index (κ3) is 3.56. The van der Waals surface area contributed by atoms with Crippen LogP contribution in [0.1, 0.15) is 31.2 Å². The number of halogens is 2. The highest BCUT2D eigenvalue weighted by molar-refractivity contribution is 6.12. The summed E-state index contributed by atoms with van der Waals surface area (Å²) in [5, 5.41) is 2.64. The highest BCUT2D eigenvalue weighted by Crippen LogP contribution is 2.33. The van der Waals surface area contributed by atoms with Crippen molar-refractivity contribution in [1.82, 2.24) is 0 Å². The number of nitrogens with one attached hydrogen (secondary N) is 1. The molecular weight excluding hydrogens is 348 g/mol. The molecule has 0 aliphatic carbocycles. The van der Waals surface area contributed by atoms with E-state index in [1.165, 1.54) is 24.4 Å². The standard InChI is InChI=1S/C21H21F2N3O/c1-13-6-8-26(9-7-13)20-5-3-15(11-18(20)23)24-12-17-16-4-2-14(22)10-19(16)25-21(17)27/h2-5,10-13,17H,6-9H2,1H3,(H,25,27). The molecule has 1 atom stereocenters. The summed E-state index contributed by atoms with van der Waals surface area (Å²) in [6, 6.07) is 9.06. The second-order valence-electron chi connectivity index (χ2n) is 7.28. The van der Waals surface area contributed by atoms with E-state index < -0.39 is 11.7 Å². The molecule has 6 heteroatoms. The predicted octanol–water partition coefficient (Wildman–Crippen LogP) is 4.64. The van der Waals surface area contributed by atoms with Crippen LogP contribution in [-0.4, -0.2) is 25.2 Å². The van der Waals surface area contributed by atoms with Crippen LogP contribution >= 0.6 is 0 Å². The third-order valence-electron chi connectivity index (χ3n) is 5.32. The number of aliphatic imine (C=N–C) groups is 1. The molecule has 140 valence electrons. The predicted molar refractivity (Wildman–Crippen MR) is 103 cm³/mol. The Bertz CT molecular complexity index is 904. The Morgan fingerprint density at radius 1 is 1.15 bits per heavy atom. The second-order valence-corrected chi connectivity index (χ2v) is 7.28. The summed E-state index contributed by atoms with van der Waals surface area (Å²) in [6.07, 6.45) is 3.61. The van der Waals surface area contributed by atoms with Gasteiger partial charge in [-0.2, -0.15) is 0 Å². The molecule has 4 rings (SSSR count). The molecule has 1 N–H and O–H groups in total. The molecule has 27 heavy (non-hydrogen) atoms. The Kier molecular flexibility index (Phi) is 4.64. The van der Waals surface area contributed by atoms with Gasteiger partial charge in [0.15, 0.2) is 0 Å². The van der Waals surface area contributed by atoms with Crippen LogP contribution in [0.4, 0.5) is 25.8 Å². The molecule has 1 saturated heterocycles. The molecule has 0 radical (unpaired) electrons. The molecule has 2 aliphatic heterocycles. The van der Waals surface area contributed by atoms with Crippen molar-refractivity contribution in [1.29, 1.82) is 0 Å². The number of carbonyl (C=O) groups is 1. The number of hydrogen-bond donors (Lipinski definition) is 1. The summed E-state index contributed by atoms with van der Waals surface area (Å²) in [7, 11) is 0. The second kappa shape index (κ2) is 7.10. The van der Waals surface area contributed by atoms with Gasteiger partial charge < -0.3 is 10.2 Å². The van der Waals surface area contributed by atoms with Crippen LogP contribution in [0.15, 0.2) is 41.4 Å². The fourth-order valence-corrected chi connectivity index (χ4v) is 3.65. The largest absolute Gasteiger partial charge is 0.369 e. The number of rotatable bonds is 3. The topological polar surface area (TPSA) is 44.7 Å². The molecule has 0 aromatic heterocycles. The summed E-state index contributed by atoms with van der Waals surface area (Å²) in [4.78, 5) is 18.5. The Balaban J connectivity index is 1.52. The molecule has 1 unspecified atom stereocenters. The Morgan fingerprint density at radius 3 is 2.67 bits per heavy atom. The number of hydrogen-bond acceptors (Lipinski definition) is 3. The van der Waals surface area contributed by atoms with E-state index in [0.717, 1.165) is 25.9 Å². The van der Waals surface area contributed by atoms with Crippen molar-refractivity contribution < 1.29 is 13.6 Å². The molecule has 0 bridgehead atoms. The number of piperidine rings is 1. The lowest BCUT2D eigenvalue weighted by Crippen LogP contribution is -2.33. The van der Waals surface area contributed by atoms with Crippen molar-refractivity contribution in [3.05, 3.63) is 53.6 Å². The van der Waals surface area contributed by atoms with Crippen LogP contribution in [-0.2, 0) is 4.79 Å². The van der Waals surface area contributed by atoms with Crippen molar-refractivity contribution in [2.45, 2.75) is 25.7 Å². The average molecular weight is 369 g/mol. The van der Waals surface area contributed by atoms with Crippen LogP contribution < -0.4 is 10.2 Å². The normalized spacial score (nSPS) is 20.2. The highest BCUT2D eigenvalue weighted by atomic mass is 19.1. The molecule has 1 amide bonds. The number of anilines is 2. The van der Waals surface area contributed by atoms with E-state index in [2.05, 4.69) is 22.1 Å². The van der Waals surface area contributed by atoms with Gasteiger partial charge in [-0.3, -0.25) is 9.79 Å². The minimum atomic E-state index is -0.605. The average Bonchev–Trinajstić information content (AvgIpc) is 2.95. The molecule has 0 spiro atoms. The van der Waals surface area contributed by atoms with E-state index in [9.17, 15) is 13.6 Å². The van der Waals surface area contributed by atoms with Crippen molar-refractivity contribution >= 4 is 29.2 Å². The van der Waals surface area contributed by atoms with E-state index >= 15 is 0 Å². The summed E-state index contributed by atoms with van der Waals surface area (Å²) in [5.41, 5.74) is 2.17. The van der Waals surface area contributed by atoms with Crippen molar-refractivity contribution in [2.24, 2.45) is 10.9 Å². The van der Waals surface area contributed by atoms with Crippen LogP contribution in [0, 0.1) is 17.6 Å². The maximum absolute atomic E-state index is 14.6. The van der Waals surface area contributed by atoms with Gasteiger partial charge in [0, 0.05) is 31.1 Å². The van der Waals surface area contributed by atoms with Gasteiger partial charge in [-0.05, 0) is 48.6 Å². The molecular formula is C21H21F2N3O. The lowest BCUT2D eigenvalue weighted by atomic mass is 9.99. The maximum atomic E-state index is 14.6. The van der Waals surface area contributed by atoms with Crippen molar-refractivity contribution in [3.63, 3.8) is 0 Å². The molecule has 2 heterocycles. The number of benzene rings is 2. The van der Waals surface area contributed by atoms with E-state index in [1.807, 2.05) is 0 Å². The van der Waals surface area contributed by atoms with E-state index in [1.54, 1.807) is 18.2 Å². The quantitative estimate of drug-likeness (QED) is 0.801. The number of carbonyl (C=O) groups excluding carboxylic acids is 1. The van der Waals surface area contributed by atoms with Crippen LogP contribution in [0.5, 0.6) is 0 Å². The fraction of sp³-hybridized carbons (Fsp3) is 0.333. The molecule has 2 aliphatic rings. The number of fused-ring (bicyclic) bond motifs is 1. The lowest BCUT2D eigenvalue weighted by molar-refractivity contribution is -0.115. The summed E-state index contributed by atoms with van der Waals surface area (Å²) >= 11 is 0. The lowest BCUT2D eigenvalue weighted by Gasteiger charge is -2.32. The first-order chi connectivity index (χ1) is 13.0. The Hall–Kier alpha value is -2.76. The van der Waals surface area contributed by atoms with E-state index in [0.29, 0.717) is 28.5 Å². The van der Waals surface area contributed by atoms with Gasteiger partial charge in [0.05, 0.1) is 11.4 Å². The number of nitrogens with zero attached hydrogens (tertiary/aromatic N) is 2. The van der Waals surface area contributed by atoms with Gasteiger partial charge in [0.2, 0.25) is 5.91 Å². The Labute approximate surface area is 156 Å². The van der Waals surface area contributed by atoms with Gasteiger partial charge in [0.1, 0.15) is 17.6 Å². The molecule has 4 nitrogen and oxygen atoms in total. The van der Waals surface area contributed by atoms with Gasteiger partial charge in [-0.25, -0.2) is 8.78 Å². The SMILES string of the molecule is CC1CCN(c2ccc(N=CC3C(=O)Nc4cc(F)ccc43)cc2F)CC1. The molecule has 2 aromatic rings. The third-order valence-corrected chi connectivity index (χ3v) is 5.32. The smallest absolute Gasteiger partial charge is 0.237 e. The van der Waals surface area contributed by atoms with Crippen LogP contribution in [0.25, 0.3) is 0 Å². The zero-order valence-electron chi connectivity index (χ0n) is 15.1. The first-order valence-electron chi connectivity index (χ1n) is 9.20. The van der Waals surface area contributed by atoms with Crippen molar-refractivity contribution in [3.8, 4) is 0 Å².